The number of pyridine rings is 1. The molecule has 5 heteroatoms. The predicted octanol–water partition coefficient (Wildman–Crippen LogP) is 4.91. The average molecular weight is 403 g/mol. The topological polar surface area (TPSA) is 12.9 Å². The summed E-state index contributed by atoms with van der Waals surface area (Å²) in [6.07, 6.45) is 1.63. The van der Waals surface area contributed by atoms with Gasteiger partial charge in [0.2, 0.25) is 0 Å². The minimum atomic E-state index is 0.593. The van der Waals surface area contributed by atoms with Gasteiger partial charge in [0.1, 0.15) is 0 Å². The van der Waals surface area contributed by atoms with Gasteiger partial charge in [-0.3, -0.25) is 4.98 Å². The Kier molecular flexibility index (Phi) is 3.21. The molecule has 2 aromatic rings. The number of nitrogens with zero attached hydrogens (tertiary/aromatic N) is 1. The van der Waals surface area contributed by atoms with Crippen LogP contribution >= 0.6 is 61.7 Å². The number of halogens is 4. The fourth-order valence-electron chi connectivity index (χ4n) is 1.17. The van der Waals surface area contributed by atoms with E-state index < -0.39 is 0 Å². The van der Waals surface area contributed by atoms with Crippen molar-refractivity contribution in [2.24, 2.45) is 0 Å². The van der Waals surface area contributed by atoms with Gasteiger partial charge in [-0.15, -0.1) is 0 Å². The van der Waals surface area contributed by atoms with Crippen LogP contribution in [0.2, 0.25) is 10.0 Å². The van der Waals surface area contributed by atoms with Crippen LogP contribution in [0.25, 0.3) is 10.9 Å². The van der Waals surface area contributed by atoms with Gasteiger partial charge in [0.15, 0.2) is 0 Å². The summed E-state index contributed by atoms with van der Waals surface area (Å²) in [5.41, 5.74) is 0.909. The zero-order valence-corrected chi connectivity index (χ0v) is 11.9. The van der Waals surface area contributed by atoms with Crippen LogP contribution in [0.1, 0.15) is 0 Å². The molecular weight excluding hydrogens is 400 g/mol. The highest BCUT2D eigenvalue weighted by atomic mass is 127. The van der Waals surface area contributed by atoms with Gasteiger partial charge in [-0.1, -0.05) is 23.2 Å². The van der Waals surface area contributed by atoms with Crippen molar-refractivity contribution in [1.82, 2.24) is 4.98 Å². The summed E-state index contributed by atoms with van der Waals surface area (Å²) in [5, 5.41) is 2.22. The monoisotopic (exact) mass is 401 g/mol. The molecule has 0 unspecified atom stereocenters. The van der Waals surface area contributed by atoms with E-state index in [1.807, 2.05) is 12.1 Å². The second-order valence-electron chi connectivity index (χ2n) is 2.70. The Balaban J connectivity index is 2.95. The molecule has 14 heavy (non-hydrogen) atoms. The summed E-state index contributed by atoms with van der Waals surface area (Å²) in [7, 11) is 0. The molecule has 0 radical (unpaired) electrons. The van der Waals surface area contributed by atoms with Gasteiger partial charge in [0.05, 0.1) is 10.5 Å². The first-order chi connectivity index (χ1) is 6.59. The van der Waals surface area contributed by atoms with Crippen molar-refractivity contribution in [3.63, 3.8) is 0 Å². The SMILES string of the molecule is Clc1cc(I)c2ncc(Cl)c(Br)c2c1. The molecule has 0 aliphatic rings. The highest BCUT2D eigenvalue weighted by Crippen LogP contribution is 2.33. The van der Waals surface area contributed by atoms with E-state index in [1.54, 1.807) is 6.20 Å². The summed E-state index contributed by atoms with van der Waals surface area (Å²) in [5.74, 6) is 0. The molecule has 0 atom stereocenters. The van der Waals surface area contributed by atoms with Crippen LogP contribution in [0.3, 0.4) is 0 Å². The van der Waals surface area contributed by atoms with Gasteiger partial charge in [-0.05, 0) is 50.7 Å². The van der Waals surface area contributed by atoms with Gasteiger partial charge in [0.25, 0.3) is 0 Å². The zero-order valence-electron chi connectivity index (χ0n) is 6.69. The molecule has 1 heterocycles. The van der Waals surface area contributed by atoms with Crippen molar-refractivity contribution in [2.75, 3.05) is 0 Å². The van der Waals surface area contributed by atoms with E-state index in [0.29, 0.717) is 10.0 Å². The minimum absolute atomic E-state index is 0.593. The molecule has 0 aliphatic heterocycles. The summed E-state index contributed by atoms with van der Waals surface area (Å²) in [6, 6.07) is 3.72. The predicted molar refractivity (Wildman–Crippen MR) is 72.2 cm³/mol. The van der Waals surface area contributed by atoms with Crippen LogP contribution in [-0.4, -0.2) is 4.98 Å². The van der Waals surface area contributed by atoms with Crippen LogP contribution in [0.5, 0.6) is 0 Å². The first kappa shape index (κ1) is 10.9. The summed E-state index contributed by atoms with van der Waals surface area (Å²) in [6.45, 7) is 0. The van der Waals surface area contributed by atoms with Crippen LogP contribution < -0.4 is 0 Å². The van der Waals surface area contributed by atoms with Gasteiger partial charge in [0, 0.05) is 24.6 Å². The highest BCUT2D eigenvalue weighted by Gasteiger charge is 2.08. The van der Waals surface area contributed by atoms with E-state index in [9.17, 15) is 0 Å². The lowest BCUT2D eigenvalue weighted by atomic mass is 10.2. The number of hydrogen-bond donors (Lipinski definition) is 0. The summed E-state index contributed by atoms with van der Waals surface area (Å²) in [4.78, 5) is 4.25. The average Bonchev–Trinajstić information content (AvgIpc) is 2.12. The van der Waals surface area contributed by atoms with Gasteiger partial charge in [-0.25, -0.2) is 0 Å². The van der Waals surface area contributed by atoms with Crippen molar-refractivity contribution in [3.8, 4) is 0 Å². The van der Waals surface area contributed by atoms with Crippen molar-refractivity contribution in [1.29, 1.82) is 0 Å². The Bertz CT molecular complexity index is 516. The molecule has 0 amide bonds. The quantitative estimate of drug-likeness (QED) is 0.571. The smallest absolute Gasteiger partial charge is 0.0848 e. The third-order valence-electron chi connectivity index (χ3n) is 1.78. The Morgan fingerprint density at radius 2 is 2.00 bits per heavy atom. The lowest BCUT2D eigenvalue weighted by molar-refractivity contribution is 1.39. The minimum Gasteiger partial charge on any atom is -0.254 e. The van der Waals surface area contributed by atoms with E-state index in [4.69, 9.17) is 23.2 Å². The molecule has 72 valence electrons. The lowest BCUT2D eigenvalue weighted by Gasteiger charge is -2.04. The zero-order chi connectivity index (χ0) is 10.3. The first-order valence-corrected chi connectivity index (χ1v) is 6.31. The lowest BCUT2D eigenvalue weighted by Crippen LogP contribution is -1.85. The Hall–Kier alpha value is 0.420. The van der Waals surface area contributed by atoms with Gasteiger partial charge >= 0.3 is 0 Å². The Morgan fingerprint density at radius 1 is 1.29 bits per heavy atom. The second-order valence-corrected chi connectivity index (χ2v) is 5.50. The molecule has 0 saturated carbocycles. The number of benzene rings is 1. The molecule has 2 rings (SSSR count). The molecule has 0 fully saturated rings. The molecule has 0 spiro atoms. The maximum Gasteiger partial charge on any atom is 0.0848 e. The molecule has 0 saturated heterocycles. The number of aromatic nitrogens is 1. The molecule has 0 bridgehead atoms. The maximum atomic E-state index is 5.95. The van der Waals surface area contributed by atoms with E-state index in [2.05, 4.69) is 43.5 Å². The number of rotatable bonds is 0. The van der Waals surface area contributed by atoms with E-state index in [0.717, 1.165) is 18.9 Å². The normalized spacial score (nSPS) is 10.9. The standard InChI is InChI=1S/C9H3BrCl2IN/c10-8-5-1-4(11)2-7(13)9(5)14-3-6(8)12/h1-3H. The third-order valence-corrected chi connectivity index (χ3v) is 4.19. The van der Waals surface area contributed by atoms with Crippen molar-refractivity contribution in [2.45, 2.75) is 0 Å². The van der Waals surface area contributed by atoms with Crippen LogP contribution in [0.4, 0.5) is 0 Å². The van der Waals surface area contributed by atoms with Crippen molar-refractivity contribution < 1.29 is 0 Å². The number of hydrogen-bond acceptors (Lipinski definition) is 1. The van der Waals surface area contributed by atoms with Crippen LogP contribution in [0, 0.1) is 3.57 Å². The largest absolute Gasteiger partial charge is 0.254 e. The van der Waals surface area contributed by atoms with Crippen molar-refractivity contribution >= 4 is 72.6 Å². The van der Waals surface area contributed by atoms with Crippen molar-refractivity contribution in [3.05, 3.63) is 36.4 Å². The molecule has 1 nitrogen and oxygen atoms in total. The fraction of sp³-hybridized carbons (Fsp3) is 0. The fourth-order valence-corrected chi connectivity index (χ4v) is 2.89. The van der Waals surface area contributed by atoms with Crippen LogP contribution in [-0.2, 0) is 0 Å². The Morgan fingerprint density at radius 3 is 2.71 bits per heavy atom. The number of fused-ring (bicyclic) bond motifs is 1. The Labute approximate surface area is 113 Å². The highest BCUT2D eigenvalue weighted by molar-refractivity contribution is 14.1. The van der Waals surface area contributed by atoms with E-state index in [-0.39, 0.29) is 0 Å². The van der Waals surface area contributed by atoms with E-state index in [1.165, 1.54) is 0 Å². The molecule has 1 aromatic heterocycles. The molecule has 0 N–H and O–H groups in total. The first-order valence-electron chi connectivity index (χ1n) is 3.68. The molecular formula is C9H3BrCl2IN. The molecule has 1 aromatic carbocycles. The van der Waals surface area contributed by atoms with E-state index >= 15 is 0 Å². The van der Waals surface area contributed by atoms with Gasteiger partial charge < -0.3 is 0 Å². The summed E-state index contributed by atoms with van der Waals surface area (Å²) < 4.78 is 1.85. The third kappa shape index (κ3) is 1.87. The second kappa shape index (κ2) is 4.12. The maximum absolute atomic E-state index is 5.95. The van der Waals surface area contributed by atoms with Crippen LogP contribution in [0.15, 0.2) is 22.8 Å². The summed E-state index contributed by atoms with van der Waals surface area (Å²) >= 11 is 17.5. The van der Waals surface area contributed by atoms with Gasteiger partial charge in [-0.2, -0.15) is 0 Å². The molecule has 0 aliphatic carbocycles.